The molecule has 0 saturated heterocycles. The highest BCUT2D eigenvalue weighted by molar-refractivity contribution is 7.95. The molecule has 29 heavy (non-hydrogen) atoms. The first-order chi connectivity index (χ1) is 13.9. The van der Waals surface area contributed by atoms with Crippen LogP contribution in [0.5, 0.6) is 5.75 Å². The number of aromatic nitrogens is 1. The minimum Gasteiger partial charge on any atom is -0.487 e. The van der Waals surface area contributed by atoms with Crippen LogP contribution in [0, 0.1) is 11.3 Å². The summed E-state index contributed by atoms with van der Waals surface area (Å²) in [6.45, 7) is 0.195. The molecule has 0 unspecified atom stereocenters. The zero-order chi connectivity index (χ0) is 20.9. The third-order valence-corrected chi connectivity index (χ3v) is 6.27. The minimum atomic E-state index is -4.17. The number of ether oxygens (including phenoxy) is 1. The van der Waals surface area contributed by atoms with Gasteiger partial charge in [0.2, 0.25) is 9.84 Å². The second-order valence-corrected chi connectivity index (χ2v) is 8.58. The van der Waals surface area contributed by atoms with Crippen LogP contribution in [0.4, 0.5) is 0 Å². The lowest BCUT2D eigenvalue weighted by Crippen LogP contribution is -2.05. The second-order valence-electron chi connectivity index (χ2n) is 5.85. The first kappa shape index (κ1) is 20.9. The van der Waals surface area contributed by atoms with E-state index in [1.54, 1.807) is 42.6 Å². The van der Waals surface area contributed by atoms with Gasteiger partial charge in [-0.05, 0) is 42.5 Å². The number of sulfone groups is 1. The van der Waals surface area contributed by atoms with Crippen molar-refractivity contribution in [3.05, 3.63) is 93.1 Å². The normalized spacial score (nSPS) is 11.7. The summed E-state index contributed by atoms with van der Waals surface area (Å²) in [4.78, 5) is 3.48. The van der Waals surface area contributed by atoms with Crippen LogP contribution in [0.3, 0.4) is 0 Å². The van der Waals surface area contributed by atoms with Crippen LogP contribution in [-0.2, 0) is 16.4 Å². The van der Waals surface area contributed by atoms with Crippen molar-refractivity contribution in [3.8, 4) is 11.8 Å². The van der Waals surface area contributed by atoms with Crippen molar-refractivity contribution in [2.45, 2.75) is 11.5 Å². The second kappa shape index (κ2) is 9.10. The summed E-state index contributed by atoms with van der Waals surface area (Å²) < 4.78 is 31.7. The number of hydrogen-bond donors (Lipinski definition) is 0. The van der Waals surface area contributed by atoms with Gasteiger partial charge in [0, 0.05) is 16.8 Å². The van der Waals surface area contributed by atoms with Crippen molar-refractivity contribution in [1.29, 1.82) is 5.26 Å². The average molecular weight is 445 g/mol. The highest BCUT2D eigenvalue weighted by atomic mass is 35.5. The van der Waals surface area contributed by atoms with Crippen molar-refractivity contribution < 1.29 is 13.2 Å². The number of hydrogen-bond acceptors (Lipinski definition) is 5. The van der Waals surface area contributed by atoms with E-state index in [2.05, 4.69) is 4.98 Å². The SMILES string of the molecule is N#C/C(=C\c1ccccc1OCc1ccccn1)S(=O)(=O)c1cc(Cl)ccc1Cl. The quantitative estimate of drug-likeness (QED) is 0.481. The highest BCUT2D eigenvalue weighted by Gasteiger charge is 2.24. The summed E-state index contributed by atoms with van der Waals surface area (Å²) >= 11 is 11.9. The molecule has 3 rings (SSSR count). The Morgan fingerprint density at radius 1 is 1.10 bits per heavy atom. The first-order valence-electron chi connectivity index (χ1n) is 8.35. The van der Waals surface area contributed by atoms with E-state index >= 15 is 0 Å². The number of allylic oxidation sites excluding steroid dienone is 1. The fourth-order valence-electron chi connectivity index (χ4n) is 2.48. The topological polar surface area (TPSA) is 80.0 Å². The Hall–Kier alpha value is -2.85. The average Bonchev–Trinajstić information content (AvgIpc) is 2.73. The van der Waals surface area contributed by atoms with Gasteiger partial charge >= 0.3 is 0 Å². The fourth-order valence-corrected chi connectivity index (χ4v) is 4.38. The summed E-state index contributed by atoms with van der Waals surface area (Å²) in [5.41, 5.74) is 1.15. The molecule has 146 valence electrons. The molecule has 0 fully saturated rings. The monoisotopic (exact) mass is 444 g/mol. The number of pyridine rings is 1. The van der Waals surface area contributed by atoms with Crippen LogP contribution < -0.4 is 4.74 Å². The van der Waals surface area contributed by atoms with Crippen LogP contribution in [0.1, 0.15) is 11.3 Å². The van der Waals surface area contributed by atoms with E-state index in [4.69, 9.17) is 27.9 Å². The van der Waals surface area contributed by atoms with Gasteiger partial charge in [0.25, 0.3) is 0 Å². The summed E-state index contributed by atoms with van der Waals surface area (Å²) in [6, 6.07) is 18.0. The van der Waals surface area contributed by atoms with Crippen LogP contribution in [-0.4, -0.2) is 13.4 Å². The molecule has 0 radical (unpaired) electrons. The van der Waals surface area contributed by atoms with E-state index in [9.17, 15) is 13.7 Å². The Morgan fingerprint density at radius 2 is 1.86 bits per heavy atom. The molecule has 0 aliphatic heterocycles. The van der Waals surface area contributed by atoms with E-state index < -0.39 is 14.7 Å². The van der Waals surface area contributed by atoms with Gasteiger partial charge in [-0.15, -0.1) is 0 Å². The lowest BCUT2D eigenvalue weighted by Gasteiger charge is -2.10. The number of rotatable bonds is 6. The van der Waals surface area contributed by atoms with Gasteiger partial charge in [-0.25, -0.2) is 8.42 Å². The smallest absolute Gasteiger partial charge is 0.218 e. The molecule has 0 atom stereocenters. The number of benzene rings is 2. The van der Waals surface area contributed by atoms with Crippen molar-refractivity contribution >= 4 is 39.1 Å². The molecule has 1 heterocycles. The maximum Gasteiger partial charge on any atom is 0.218 e. The van der Waals surface area contributed by atoms with Crippen LogP contribution >= 0.6 is 23.2 Å². The Kier molecular flexibility index (Phi) is 6.55. The third-order valence-electron chi connectivity index (χ3n) is 3.89. The Balaban J connectivity index is 1.97. The largest absolute Gasteiger partial charge is 0.487 e. The van der Waals surface area contributed by atoms with E-state index in [1.807, 2.05) is 12.1 Å². The van der Waals surface area contributed by atoms with Crippen molar-refractivity contribution in [2.75, 3.05) is 0 Å². The molecule has 8 heteroatoms. The summed E-state index contributed by atoms with van der Waals surface area (Å²) in [5, 5.41) is 9.70. The van der Waals surface area contributed by atoms with Gasteiger partial charge in [-0.2, -0.15) is 5.26 Å². The number of halogens is 2. The molecule has 0 spiro atoms. The van der Waals surface area contributed by atoms with Gasteiger partial charge in [0.05, 0.1) is 15.6 Å². The van der Waals surface area contributed by atoms with E-state index in [1.165, 1.54) is 24.3 Å². The Labute approximate surface area is 178 Å². The molecule has 0 amide bonds. The zero-order valence-electron chi connectivity index (χ0n) is 14.9. The van der Waals surface area contributed by atoms with Gasteiger partial charge < -0.3 is 4.74 Å². The lowest BCUT2D eigenvalue weighted by molar-refractivity contribution is 0.300. The molecule has 0 bridgehead atoms. The lowest BCUT2D eigenvalue weighted by atomic mass is 10.2. The molecular weight excluding hydrogens is 431 g/mol. The number of para-hydroxylation sites is 1. The molecule has 2 aromatic carbocycles. The maximum atomic E-state index is 12.9. The molecule has 1 aromatic heterocycles. The van der Waals surface area contributed by atoms with Gasteiger partial charge in [-0.3, -0.25) is 4.98 Å². The predicted octanol–water partition coefficient (Wildman–Crippen LogP) is 5.31. The van der Waals surface area contributed by atoms with Crippen molar-refractivity contribution in [2.24, 2.45) is 0 Å². The van der Waals surface area contributed by atoms with E-state index in [0.29, 0.717) is 17.0 Å². The van der Waals surface area contributed by atoms with Crippen LogP contribution in [0.2, 0.25) is 10.0 Å². The maximum absolute atomic E-state index is 12.9. The summed E-state index contributed by atoms with van der Waals surface area (Å²) in [7, 11) is -4.17. The van der Waals surface area contributed by atoms with Crippen LogP contribution in [0.15, 0.2) is 76.7 Å². The summed E-state index contributed by atoms with van der Waals surface area (Å²) in [5.74, 6) is 0.415. The predicted molar refractivity (Wildman–Crippen MR) is 112 cm³/mol. The van der Waals surface area contributed by atoms with Gasteiger partial charge in [0.1, 0.15) is 23.3 Å². The van der Waals surface area contributed by atoms with E-state index in [0.717, 1.165) is 0 Å². The molecule has 3 aromatic rings. The van der Waals surface area contributed by atoms with Gasteiger partial charge in [0.15, 0.2) is 0 Å². The molecule has 0 aliphatic carbocycles. The molecular formula is C21H14Cl2N2O3S. The van der Waals surface area contributed by atoms with E-state index in [-0.39, 0.29) is 21.5 Å². The van der Waals surface area contributed by atoms with Crippen molar-refractivity contribution in [3.63, 3.8) is 0 Å². The fraction of sp³-hybridized carbons (Fsp3) is 0.0476. The third kappa shape index (κ3) is 4.96. The standard InChI is InChI=1S/C21H14Cl2N2O3S/c22-16-8-9-19(23)21(12-16)29(26,27)18(13-24)11-15-5-1-2-7-20(15)28-14-17-6-3-4-10-25-17/h1-12H,14H2/b18-11+. The molecule has 0 N–H and O–H groups in total. The summed E-state index contributed by atoms with van der Waals surface area (Å²) in [6.07, 6.45) is 2.90. The molecule has 5 nitrogen and oxygen atoms in total. The minimum absolute atomic E-state index is 0.0183. The Bertz CT molecular complexity index is 1200. The Morgan fingerprint density at radius 3 is 2.59 bits per heavy atom. The van der Waals surface area contributed by atoms with Gasteiger partial charge in [-0.1, -0.05) is 47.5 Å². The number of nitrogens with zero attached hydrogens (tertiary/aromatic N) is 2. The highest BCUT2D eigenvalue weighted by Crippen LogP contribution is 2.31. The zero-order valence-corrected chi connectivity index (χ0v) is 17.2. The number of nitriles is 1. The molecule has 0 aliphatic rings. The first-order valence-corrected chi connectivity index (χ1v) is 10.6. The van der Waals surface area contributed by atoms with Crippen molar-refractivity contribution in [1.82, 2.24) is 4.98 Å². The van der Waals surface area contributed by atoms with Crippen LogP contribution in [0.25, 0.3) is 6.08 Å². The molecule has 0 saturated carbocycles.